The van der Waals surface area contributed by atoms with Crippen molar-refractivity contribution < 1.29 is 8.42 Å². The van der Waals surface area contributed by atoms with Crippen LogP contribution in [0, 0.1) is 6.92 Å². The summed E-state index contributed by atoms with van der Waals surface area (Å²) in [6.07, 6.45) is 7.55. The fourth-order valence-corrected chi connectivity index (χ4v) is 3.80. The first-order chi connectivity index (χ1) is 9.54. The van der Waals surface area contributed by atoms with Crippen LogP contribution < -0.4 is 0 Å². The molecule has 0 atom stereocenters. The van der Waals surface area contributed by atoms with Crippen molar-refractivity contribution in [3.63, 3.8) is 0 Å². The molecule has 20 heavy (non-hydrogen) atoms. The maximum Gasteiger partial charge on any atom is 0.246 e. The lowest BCUT2D eigenvalue weighted by Gasteiger charge is -2.21. The van der Waals surface area contributed by atoms with E-state index in [0.29, 0.717) is 23.7 Å². The Morgan fingerprint density at radius 1 is 1.10 bits per heavy atom. The zero-order chi connectivity index (χ0) is 15.0. The Morgan fingerprint density at radius 3 is 2.05 bits per heavy atom. The third-order valence-electron chi connectivity index (χ3n) is 3.42. The second-order valence-electron chi connectivity index (χ2n) is 5.18. The Labute approximate surface area is 122 Å². The van der Waals surface area contributed by atoms with Crippen LogP contribution in [0.15, 0.2) is 11.1 Å². The smallest absolute Gasteiger partial charge is 0.246 e. The minimum absolute atomic E-state index is 0.311. The number of nitrogens with one attached hydrogen (secondary N) is 1. The number of hydrogen-bond acceptors (Lipinski definition) is 3. The Morgan fingerprint density at radius 2 is 1.65 bits per heavy atom. The molecule has 1 heterocycles. The van der Waals surface area contributed by atoms with E-state index in [9.17, 15) is 8.42 Å². The molecule has 0 radical (unpaired) electrons. The highest BCUT2D eigenvalue weighted by atomic mass is 32.2. The van der Waals surface area contributed by atoms with Gasteiger partial charge in [-0.1, -0.05) is 39.5 Å². The quantitative estimate of drug-likeness (QED) is 0.675. The molecule has 0 aliphatic rings. The van der Waals surface area contributed by atoms with E-state index in [4.69, 9.17) is 0 Å². The molecule has 116 valence electrons. The van der Waals surface area contributed by atoms with Gasteiger partial charge in [0.2, 0.25) is 10.0 Å². The van der Waals surface area contributed by atoms with Gasteiger partial charge in [-0.3, -0.25) is 5.10 Å². The molecular formula is C14H27N3O2S. The van der Waals surface area contributed by atoms with Gasteiger partial charge in [-0.2, -0.15) is 9.40 Å². The molecule has 0 saturated heterocycles. The average Bonchev–Trinajstić information content (AvgIpc) is 2.84. The molecular weight excluding hydrogens is 274 g/mol. The number of aromatic amines is 1. The summed E-state index contributed by atoms with van der Waals surface area (Å²) in [6, 6.07) is 0. The Balaban J connectivity index is 2.81. The van der Waals surface area contributed by atoms with Gasteiger partial charge >= 0.3 is 0 Å². The van der Waals surface area contributed by atoms with E-state index < -0.39 is 10.0 Å². The van der Waals surface area contributed by atoms with Crippen molar-refractivity contribution in [2.45, 2.75) is 64.2 Å². The molecule has 0 fully saturated rings. The molecule has 0 spiro atoms. The van der Waals surface area contributed by atoms with Crippen molar-refractivity contribution in [3.05, 3.63) is 11.9 Å². The van der Waals surface area contributed by atoms with E-state index in [1.54, 1.807) is 11.2 Å². The first-order valence-corrected chi connectivity index (χ1v) is 8.98. The maximum absolute atomic E-state index is 12.7. The number of sulfonamides is 1. The van der Waals surface area contributed by atoms with Gasteiger partial charge in [-0.25, -0.2) is 8.42 Å². The van der Waals surface area contributed by atoms with E-state index in [1.807, 2.05) is 0 Å². The highest BCUT2D eigenvalue weighted by molar-refractivity contribution is 7.89. The molecule has 1 aromatic rings. The number of aryl methyl sites for hydroxylation is 1. The van der Waals surface area contributed by atoms with Crippen molar-refractivity contribution in [2.75, 3.05) is 13.1 Å². The predicted molar refractivity (Wildman–Crippen MR) is 81.1 cm³/mol. The number of unbranched alkanes of at least 4 members (excludes halogenated alkanes) is 4. The number of nitrogens with zero attached hydrogens (tertiary/aromatic N) is 2. The average molecular weight is 301 g/mol. The number of H-pyrrole nitrogens is 1. The molecule has 1 N–H and O–H groups in total. The van der Waals surface area contributed by atoms with Crippen LogP contribution >= 0.6 is 0 Å². The highest BCUT2D eigenvalue weighted by Gasteiger charge is 2.26. The van der Waals surface area contributed by atoms with Crippen LogP contribution in [0.25, 0.3) is 0 Å². The molecule has 5 nitrogen and oxygen atoms in total. The summed E-state index contributed by atoms with van der Waals surface area (Å²) >= 11 is 0. The SMILES string of the molecule is CCCCCN(CCCCC)S(=O)(=O)c1cn[nH]c1C. The Kier molecular flexibility index (Phi) is 7.23. The number of hydrogen-bond donors (Lipinski definition) is 1. The maximum atomic E-state index is 12.7. The summed E-state index contributed by atoms with van der Waals surface area (Å²) in [5.41, 5.74) is 0.612. The first-order valence-electron chi connectivity index (χ1n) is 7.54. The van der Waals surface area contributed by atoms with E-state index in [2.05, 4.69) is 24.0 Å². The first kappa shape index (κ1) is 17.2. The van der Waals surface area contributed by atoms with Crippen LogP contribution in [0.1, 0.15) is 58.1 Å². The van der Waals surface area contributed by atoms with Gasteiger partial charge in [0.05, 0.1) is 11.9 Å². The third kappa shape index (κ3) is 4.59. The van der Waals surface area contributed by atoms with Crippen LogP contribution in [0.2, 0.25) is 0 Å². The Bertz CT molecular complexity index is 472. The number of aromatic nitrogens is 2. The third-order valence-corrected chi connectivity index (χ3v) is 5.44. The molecule has 1 aromatic heterocycles. The summed E-state index contributed by atoms with van der Waals surface area (Å²) in [6.45, 7) is 7.19. The van der Waals surface area contributed by atoms with Crippen LogP contribution in [-0.4, -0.2) is 36.0 Å². The van der Waals surface area contributed by atoms with Crippen molar-refractivity contribution in [1.29, 1.82) is 0 Å². The number of rotatable bonds is 10. The molecule has 0 bridgehead atoms. The van der Waals surface area contributed by atoms with Crippen LogP contribution in [0.5, 0.6) is 0 Å². The van der Waals surface area contributed by atoms with Crippen LogP contribution in [-0.2, 0) is 10.0 Å². The van der Waals surface area contributed by atoms with E-state index >= 15 is 0 Å². The normalized spacial score (nSPS) is 12.2. The summed E-state index contributed by atoms with van der Waals surface area (Å²) in [5, 5.41) is 6.54. The largest absolute Gasteiger partial charge is 0.281 e. The van der Waals surface area contributed by atoms with Gasteiger partial charge in [-0.15, -0.1) is 0 Å². The van der Waals surface area contributed by atoms with Crippen LogP contribution in [0.3, 0.4) is 0 Å². The molecule has 0 aromatic carbocycles. The Hall–Kier alpha value is -0.880. The van der Waals surface area contributed by atoms with E-state index in [1.165, 1.54) is 6.20 Å². The second kappa shape index (κ2) is 8.42. The molecule has 0 saturated carbocycles. The van der Waals surface area contributed by atoms with Crippen molar-refractivity contribution >= 4 is 10.0 Å². The lowest BCUT2D eigenvalue weighted by Crippen LogP contribution is -2.33. The molecule has 0 aliphatic heterocycles. The minimum Gasteiger partial charge on any atom is -0.281 e. The molecule has 1 rings (SSSR count). The van der Waals surface area contributed by atoms with Gasteiger partial charge in [0.1, 0.15) is 4.90 Å². The zero-order valence-electron chi connectivity index (χ0n) is 12.9. The van der Waals surface area contributed by atoms with Gasteiger partial charge in [0.15, 0.2) is 0 Å². The highest BCUT2D eigenvalue weighted by Crippen LogP contribution is 2.19. The summed E-state index contributed by atoms with van der Waals surface area (Å²) in [4.78, 5) is 0.311. The summed E-state index contributed by atoms with van der Waals surface area (Å²) in [5.74, 6) is 0. The van der Waals surface area contributed by atoms with E-state index in [-0.39, 0.29) is 0 Å². The topological polar surface area (TPSA) is 66.1 Å². The van der Waals surface area contributed by atoms with Crippen LogP contribution in [0.4, 0.5) is 0 Å². The monoisotopic (exact) mass is 301 g/mol. The fourth-order valence-electron chi connectivity index (χ4n) is 2.17. The zero-order valence-corrected chi connectivity index (χ0v) is 13.7. The summed E-state index contributed by atoms with van der Waals surface area (Å²) < 4.78 is 27.0. The van der Waals surface area contributed by atoms with Gasteiger partial charge < -0.3 is 0 Å². The van der Waals surface area contributed by atoms with Crippen molar-refractivity contribution in [1.82, 2.24) is 14.5 Å². The van der Waals surface area contributed by atoms with Crippen molar-refractivity contribution in [3.8, 4) is 0 Å². The second-order valence-corrected chi connectivity index (χ2v) is 7.08. The minimum atomic E-state index is -3.41. The fraction of sp³-hybridized carbons (Fsp3) is 0.786. The van der Waals surface area contributed by atoms with Gasteiger partial charge in [0.25, 0.3) is 0 Å². The lowest BCUT2D eigenvalue weighted by atomic mass is 10.2. The standard InChI is InChI=1S/C14H27N3O2S/c1-4-6-8-10-17(11-9-7-5-2)20(18,19)14-12-15-16-13(14)3/h12H,4-11H2,1-3H3,(H,15,16). The molecule has 6 heteroatoms. The molecule has 0 aliphatic carbocycles. The summed E-state index contributed by atoms with van der Waals surface area (Å²) in [7, 11) is -3.41. The predicted octanol–water partition coefficient (Wildman–Crippen LogP) is 3.09. The van der Waals surface area contributed by atoms with Gasteiger partial charge in [0, 0.05) is 13.1 Å². The molecule has 0 amide bonds. The van der Waals surface area contributed by atoms with E-state index in [0.717, 1.165) is 38.5 Å². The van der Waals surface area contributed by atoms with Gasteiger partial charge in [-0.05, 0) is 19.8 Å². The van der Waals surface area contributed by atoms with Crippen molar-refractivity contribution in [2.24, 2.45) is 0 Å². The lowest BCUT2D eigenvalue weighted by molar-refractivity contribution is 0.388. The molecule has 0 unspecified atom stereocenters.